The molecule has 0 fully saturated rings. The zero-order valence-corrected chi connectivity index (χ0v) is 12.8. The molecule has 3 rings (SSSR count). The number of hydrogen-bond acceptors (Lipinski definition) is 3. The van der Waals surface area contributed by atoms with Gasteiger partial charge < -0.3 is 10.1 Å². The Balaban J connectivity index is 1.67. The van der Waals surface area contributed by atoms with Crippen molar-refractivity contribution in [3.05, 3.63) is 90.0 Å². The molecule has 3 aromatic carbocycles. The molecule has 0 saturated carbocycles. The number of rotatable bonds is 4. The number of nitrogens with one attached hydrogen (secondary N) is 1. The minimum atomic E-state index is -0.260. The number of carbonyl (C=O) groups is 1. The molecule has 0 heterocycles. The molecule has 24 heavy (non-hydrogen) atoms. The van der Waals surface area contributed by atoms with Crippen LogP contribution in [0.2, 0.25) is 0 Å². The number of hydrogen-bond donors (Lipinski definition) is 1. The third-order valence-electron chi connectivity index (χ3n) is 3.34. The summed E-state index contributed by atoms with van der Waals surface area (Å²) < 4.78 is 5.70. The summed E-state index contributed by atoms with van der Waals surface area (Å²) in [4.78, 5) is 12.2. The van der Waals surface area contributed by atoms with E-state index in [1.807, 2.05) is 36.4 Å². The van der Waals surface area contributed by atoms with Gasteiger partial charge in [0.05, 0.1) is 11.6 Å². The van der Waals surface area contributed by atoms with E-state index < -0.39 is 0 Å². The number of carbonyl (C=O) groups excluding carboxylic acids is 1. The van der Waals surface area contributed by atoms with Crippen LogP contribution in [0.1, 0.15) is 15.9 Å². The van der Waals surface area contributed by atoms with E-state index in [-0.39, 0.29) is 5.91 Å². The van der Waals surface area contributed by atoms with E-state index in [2.05, 4.69) is 5.32 Å². The van der Waals surface area contributed by atoms with Crippen LogP contribution in [0.15, 0.2) is 78.9 Å². The van der Waals surface area contributed by atoms with Gasteiger partial charge in [0.25, 0.3) is 5.91 Å². The standard InChI is InChI=1S/C20H14N2O2/c21-14-15-5-4-6-16(13-15)20(23)22-17-9-11-19(12-10-17)24-18-7-2-1-3-8-18/h1-13H,(H,22,23). The van der Waals surface area contributed by atoms with Crippen molar-refractivity contribution in [3.8, 4) is 17.6 Å². The van der Waals surface area contributed by atoms with E-state index >= 15 is 0 Å². The van der Waals surface area contributed by atoms with Crippen molar-refractivity contribution in [2.45, 2.75) is 0 Å². The smallest absolute Gasteiger partial charge is 0.255 e. The first-order valence-corrected chi connectivity index (χ1v) is 7.39. The predicted molar refractivity (Wildman–Crippen MR) is 92.1 cm³/mol. The summed E-state index contributed by atoms with van der Waals surface area (Å²) in [6, 6.07) is 25.2. The molecule has 4 nitrogen and oxygen atoms in total. The van der Waals surface area contributed by atoms with Gasteiger partial charge in [-0.25, -0.2) is 0 Å². The number of nitriles is 1. The second-order valence-corrected chi connectivity index (χ2v) is 5.09. The van der Waals surface area contributed by atoms with Crippen LogP contribution in [-0.4, -0.2) is 5.91 Å². The third kappa shape index (κ3) is 3.79. The molecule has 4 heteroatoms. The van der Waals surface area contributed by atoms with E-state index in [4.69, 9.17) is 10.00 Å². The summed E-state index contributed by atoms with van der Waals surface area (Å²) in [5.74, 6) is 1.18. The lowest BCUT2D eigenvalue weighted by Gasteiger charge is -2.08. The highest BCUT2D eigenvalue weighted by molar-refractivity contribution is 6.04. The number of amides is 1. The van der Waals surface area contributed by atoms with Crippen molar-refractivity contribution < 1.29 is 9.53 Å². The Morgan fingerprint density at radius 3 is 2.29 bits per heavy atom. The largest absolute Gasteiger partial charge is 0.457 e. The minimum Gasteiger partial charge on any atom is -0.457 e. The molecule has 0 aliphatic heterocycles. The van der Waals surface area contributed by atoms with Gasteiger partial charge in [0.15, 0.2) is 0 Å². The molecule has 3 aromatic rings. The first-order chi connectivity index (χ1) is 11.7. The molecule has 0 aromatic heterocycles. The van der Waals surface area contributed by atoms with Crippen LogP contribution in [0.4, 0.5) is 5.69 Å². The zero-order valence-electron chi connectivity index (χ0n) is 12.8. The fourth-order valence-electron chi connectivity index (χ4n) is 2.16. The van der Waals surface area contributed by atoms with E-state index in [0.717, 1.165) is 5.75 Å². The lowest BCUT2D eigenvalue weighted by molar-refractivity contribution is 0.102. The van der Waals surface area contributed by atoms with Crippen LogP contribution in [0.25, 0.3) is 0 Å². The van der Waals surface area contributed by atoms with E-state index in [0.29, 0.717) is 22.6 Å². The van der Waals surface area contributed by atoms with Crippen molar-refractivity contribution in [2.24, 2.45) is 0 Å². The molecule has 116 valence electrons. The molecule has 0 spiro atoms. The Bertz CT molecular complexity index is 882. The van der Waals surface area contributed by atoms with Gasteiger partial charge >= 0.3 is 0 Å². The maximum atomic E-state index is 12.2. The van der Waals surface area contributed by atoms with Crippen molar-refractivity contribution in [2.75, 3.05) is 5.32 Å². The topological polar surface area (TPSA) is 62.1 Å². The third-order valence-corrected chi connectivity index (χ3v) is 3.34. The SMILES string of the molecule is N#Cc1cccc(C(=O)Nc2ccc(Oc3ccccc3)cc2)c1. The highest BCUT2D eigenvalue weighted by Gasteiger charge is 2.07. The summed E-state index contributed by atoms with van der Waals surface area (Å²) in [5.41, 5.74) is 1.55. The van der Waals surface area contributed by atoms with Crippen LogP contribution in [-0.2, 0) is 0 Å². The monoisotopic (exact) mass is 314 g/mol. The van der Waals surface area contributed by atoms with Gasteiger partial charge in [0.2, 0.25) is 0 Å². The van der Waals surface area contributed by atoms with Crippen molar-refractivity contribution in [1.29, 1.82) is 5.26 Å². The van der Waals surface area contributed by atoms with Crippen LogP contribution >= 0.6 is 0 Å². The highest BCUT2D eigenvalue weighted by atomic mass is 16.5. The fraction of sp³-hybridized carbons (Fsp3) is 0. The molecule has 0 aliphatic rings. The summed E-state index contributed by atoms with van der Waals surface area (Å²) in [5, 5.41) is 11.7. The Morgan fingerprint density at radius 2 is 1.58 bits per heavy atom. The normalized spacial score (nSPS) is 9.79. The fourth-order valence-corrected chi connectivity index (χ4v) is 2.16. The van der Waals surface area contributed by atoms with Gasteiger partial charge in [-0.3, -0.25) is 4.79 Å². The van der Waals surface area contributed by atoms with E-state index in [1.54, 1.807) is 48.5 Å². The minimum absolute atomic E-state index is 0.260. The Morgan fingerprint density at radius 1 is 0.875 bits per heavy atom. The number of anilines is 1. The van der Waals surface area contributed by atoms with Crippen molar-refractivity contribution in [3.63, 3.8) is 0 Å². The van der Waals surface area contributed by atoms with Gasteiger partial charge in [-0.15, -0.1) is 0 Å². The van der Waals surface area contributed by atoms with E-state index in [1.165, 1.54) is 0 Å². The molecule has 0 saturated heterocycles. The van der Waals surface area contributed by atoms with Crippen LogP contribution < -0.4 is 10.1 Å². The molecule has 0 unspecified atom stereocenters. The number of ether oxygens (including phenoxy) is 1. The highest BCUT2D eigenvalue weighted by Crippen LogP contribution is 2.22. The van der Waals surface area contributed by atoms with Crippen molar-refractivity contribution in [1.82, 2.24) is 0 Å². The van der Waals surface area contributed by atoms with Gasteiger partial charge in [-0.05, 0) is 54.6 Å². The maximum absolute atomic E-state index is 12.2. The van der Waals surface area contributed by atoms with Gasteiger partial charge in [-0.2, -0.15) is 5.26 Å². The average Bonchev–Trinajstić information content (AvgIpc) is 2.64. The summed E-state index contributed by atoms with van der Waals surface area (Å²) in [7, 11) is 0. The number of nitrogens with zero attached hydrogens (tertiary/aromatic N) is 1. The average molecular weight is 314 g/mol. The molecule has 0 aliphatic carbocycles. The molecule has 0 radical (unpaired) electrons. The molecular formula is C20H14N2O2. The molecule has 1 amide bonds. The van der Waals surface area contributed by atoms with Gasteiger partial charge in [0.1, 0.15) is 11.5 Å². The van der Waals surface area contributed by atoms with Crippen LogP contribution in [0.5, 0.6) is 11.5 Å². The van der Waals surface area contributed by atoms with Crippen LogP contribution in [0, 0.1) is 11.3 Å². The van der Waals surface area contributed by atoms with Crippen molar-refractivity contribution >= 4 is 11.6 Å². The second kappa shape index (κ2) is 7.12. The van der Waals surface area contributed by atoms with E-state index in [9.17, 15) is 4.79 Å². The van der Waals surface area contributed by atoms with Gasteiger partial charge in [0, 0.05) is 11.3 Å². The molecular weight excluding hydrogens is 300 g/mol. The maximum Gasteiger partial charge on any atom is 0.255 e. The summed E-state index contributed by atoms with van der Waals surface area (Å²) >= 11 is 0. The lowest BCUT2D eigenvalue weighted by Crippen LogP contribution is -2.11. The second-order valence-electron chi connectivity index (χ2n) is 5.09. The first kappa shape index (κ1) is 15.3. The number of benzene rings is 3. The summed E-state index contributed by atoms with van der Waals surface area (Å²) in [6.45, 7) is 0. The molecule has 0 bridgehead atoms. The Hall–Kier alpha value is -3.58. The lowest BCUT2D eigenvalue weighted by atomic mass is 10.1. The van der Waals surface area contributed by atoms with Gasteiger partial charge in [-0.1, -0.05) is 24.3 Å². The Kier molecular flexibility index (Phi) is 4.55. The quantitative estimate of drug-likeness (QED) is 0.765. The molecule has 1 N–H and O–H groups in total. The summed E-state index contributed by atoms with van der Waals surface area (Å²) in [6.07, 6.45) is 0. The number of para-hydroxylation sites is 1. The predicted octanol–water partition coefficient (Wildman–Crippen LogP) is 4.60. The first-order valence-electron chi connectivity index (χ1n) is 7.39. The van der Waals surface area contributed by atoms with Crippen LogP contribution in [0.3, 0.4) is 0 Å². The Labute approximate surface area is 139 Å². The molecule has 0 atom stereocenters. The zero-order chi connectivity index (χ0) is 16.8.